The van der Waals surface area contributed by atoms with Crippen LogP contribution in [0.15, 0.2) is 72.8 Å². The third-order valence-corrected chi connectivity index (χ3v) is 5.17. The molecule has 5 nitrogen and oxygen atoms in total. The summed E-state index contributed by atoms with van der Waals surface area (Å²) in [5.74, 6) is 0.328. The van der Waals surface area contributed by atoms with E-state index in [-0.39, 0.29) is 11.8 Å². The lowest BCUT2D eigenvalue weighted by molar-refractivity contribution is 0.0734. The number of nitrogens with zero attached hydrogens (tertiary/aromatic N) is 1. The second kappa shape index (κ2) is 8.19. The molecule has 0 bridgehead atoms. The van der Waals surface area contributed by atoms with Crippen molar-refractivity contribution >= 4 is 17.5 Å². The highest BCUT2D eigenvalue weighted by Gasteiger charge is 2.21. The molecule has 0 unspecified atom stereocenters. The Morgan fingerprint density at radius 1 is 0.862 bits per heavy atom. The first kappa shape index (κ1) is 18.7. The summed E-state index contributed by atoms with van der Waals surface area (Å²) in [6, 6.07) is 22.2. The van der Waals surface area contributed by atoms with Gasteiger partial charge in [0, 0.05) is 24.2 Å². The Labute approximate surface area is 169 Å². The van der Waals surface area contributed by atoms with E-state index in [0.717, 1.165) is 6.42 Å². The molecule has 0 saturated carbocycles. The number of methoxy groups -OCH3 is 1. The van der Waals surface area contributed by atoms with Crippen LogP contribution in [0.1, 0.15) is 31.8 Å². The Bertz CT molecular complexity index is 1040. The van der Waals surface area contributed by atoms with Crippen LogP contribution in [0, 0.1) is 0 Å². The van der Waals surface area contributed by atoms with Crippen LogP contribution in [0.3, 0.4) is 0 Å². The largest absolute Gasteiger partial charge is 0.495 e. The Hall–Kier alpha value is -3.60. The Balaban J connectivity index is 1.45. The molecule has 0 aliphatic carbocycles. The Kier molecular flexibility index (Phi) is 5.29. The van der Waals surface area contributed by atoms with Gasteiger partial charge in [0.2, 0.25) is 0 Å². The number of carbonyl (C=O) groups excluding carboxylic acids is 2. The molecule has 1 heterocycles. The topological polar surface area (TPSA) is 58.6 Å². The van der Waals surface area contributed by atoms with Gasteiger partial charge in [-0.25, -0.2) is 0 Å². The van der Waals surface area contributed by atoms with Gasteiger partial charge < -0.3 is 15.0 Å². The molecule has 3 aromatic carbocycles. The predicted molar refractivity (Wildman–Crippen MR) is 112 cm³/mol. The molecule has 1 aliphatic rings. The quantitative estimate of drug-likeness (QED) is 0.733. The van der Waals surface area contributed by atoms with Gasteiger partial charge in [-0.15, -0.1) is 0 Å². The van der Waals surface area contributed by atoms with Crippen molar-refractivity contribution in [2.75, 3.05) is 19.0 Å². The third kappa shape index (κ3) is 3.99. The highest BCUT2D eigenvalue weighted by molar-refractivity contribution is 6.05. The second-order valence-corrected chi connectivity index (χ2v) is 6.98. The van der Waals surface area contributed by atoms with Gasteiger partial charge >= 0.3 is 0 Å². The summed E-state index contributed by atoms with van der Waals surface area (Å²) >= 11 is 0. The maximum atomic E-state index is 12.9. The number of para-hydroxylation sites is 2. The molecule has 0 atom stereocenters. The van der Waals surface area contributed by atoms with Crippen LogP contribution in [0.25, 0.3) is 0 Å². The van der Waals surface area contributed by atoms with E-state index in [9.17, 15) is 9.59 Å². The number of benzene rings is 3. The van der Waals surface area contributed by atoms with Crippen molar-refractivity contribution in [3.05, 3.63) is 95.1 Å². The minimum atomic E-state index is -0.250. The zero-order valence-electron chi connectivity index (χ0n) is 16.2. The van der Waals surface area contributed by atoms with Gasteiger partial charge in [0.15, 0.2) is 0 Å². The Morgan fingerprint density at radius 2 is 1.52 bits per heavy atom. The lowest BCUT2D eigenvalue weighted by Crippen LogP contribution is -2.35. The van der Waals surface area contributed by atoms with Crippen molar-refractivity contribution in [3.63, 3.8) is 0 Å². The molecule has 5 heteroatoms. The molecule has 3 aromatic rings. The first-order valence-corrected chi connectivity index (χ1v) is 9.56. The molecule has 29 heavy (non-hydrogen) atoms. The van der Waals surface area contributed by atoms with Gasteiger partial charge in [0.1, 0.15) is 5.75 Å². The number of anilines is 1. The summed E-state index contributed by atoms with van der Waals surface area (Å²) in [5.41, 5.74) is 4.17. The summed E-state index contributed by atoms with van der Waals surface area (Å²) in [6.07, 6.45) is 0.862. The molecule has 0 saturated heterocycles. The van der Waals surface area contributed by atoms with E-state index in [2.05, 4.69) is 17.4 Å². The molecule has 0 fully saturated rings. The lowest BCUT2D eigenvalue weighted by Gasteiger charge is -2.29. The number of hydrogen-bond donors (Lipinski definition) is 1. The fourth-order valence-corrected chi connectivity index (χ4v) is 3.56. The zero-order chi connectivity index (χ0) is 20.2. The molecule has 0 spiro atoms. The van der Waals surface area contributed by atoms with E-state index < -0.39 is 0 Å². The lowest BCUT2D eigenvalue weighted by atomic mass is 9.99. The normalized spacial score (nSPS) is 12.8. The SMILES string of the molecule is COc1ccccc1NC(=O)c1ccc(C(=O)N2CCc3ccccc3C2)cc1. The maximum Gasteiger partial charge on any atom is 0.255 e. The summed E-state index contributed by atoms with van der Waals surface area (Å²) in [4.78, 5) is 27.3. The molecule has 2 amide bonds. The van der Waals surface area contributed by atoms with Crippen LogP contribution in [0.2, 0.25) is 0 Å². The van der Waals surface area contributed by atoms with E-state index >= 15 is 0 Å². The summed E-state index contributed by atoms with van der Waals surface area (Å²) < 4.78 is 5.26. The van der Waals surface area contributed by atoms with Gasteiger partial charge in [0.25, 0.3) is 11.8 Å². The molecule has 146 valence electrons. The monoisotopic (exact) mass is 386 g/mol. The smallest absolute Gasteiger partial charge is 0.255 e. The van der Waals surface area contributed by atoms with Crippen molar-refractivity contribution in [1.82, 2.24) is 4.90 Å². The highest BCUT2D eigenvalue weighted by Crippen LogP contribution is 2.24. The number of rotatable bonds is 4. The van der Waals surface area contributed by atoms with E-state index in [4.69, 9.17) is 4.74 Å². The fourth-order valence-electron chi connectivity index (χ4n) is 3.56. The molecule has 0 aromatic heterocycles. The molecule has 1 N–H and O–H groups in total. The van der Waals surface area contributed by atoms with Crippen molar-refractivity contribution < 1.29 is 14.3 Å². The minimum absolute atomic E-state index is 0.0174. The minimum Gasteiger partial charge on any atom is -0.495 e. The molecule has 0 radical (unpaired) electrons. The van der Waals surface area contributed by atoms with Crippen LogP contribution < -0.4 is 10.1 Å². The number of ether oxygens (including phenoxy) is 1. The van der Waals surface area contributed by atoms with Gasteiger partial charge in [0.05, 0.1) is 12.8 Å². The van der Waals surface area contributed by atoms with Crippen LogP contribution >= 0.6 is 0 Å². The molecular formula is C24H22N2O3. The average molecular weight is 386 g/mol. The van der Waals surface area contributed by atoms with E-state index in [0.29, 0.717) is 35.7 Å². The van der Waals surface area contributed by atoms with Gasteiger partial charge in [-0.05, 0) is 53.9 Å². The summed E-state index contributed by atoms with van der Waals surface area (Å²) in [6.45, 7) is 1.32. The number of carbonyl (C=O) groups is 2. The maximum absolute atomic E-state index is 12.9. The van der Waals surface area contributed by atoms with Crippen LogP contribution in [0.4, 0.5) is 5.69 Å². The zero-order valence-corrected chi connectivity index (χ0v) is 16.2. The third-order valence-electron chi connectivity index (χ3n) is 5.17. The standard InChI is InChI=1S/C24H22N2O3/c1-29-22-9-5-4-8-21(22)25-23(27)18-10-12-19(13-11-18)24(28)26-15-14-17-6-2-3-7-20(17)16-26/h2-13H,14-16H2,1H3,(H,25,27). The number of fused-ring (bicyclic) bond motifs is 1. The summed E-state index contributed by atoms with van der Waals surface area (Å²) in [7, 11) is 1.56. The summed E-state index contributed by atoms with van der Waals surface area (Å²) in [5, 5.41) is 2.84. The number of hydrogen-bond acceptors (Lipinski definition) is 3. The predicted octanol–water partition coefficient (Wildman–Crippen LogP) is 4.15. The number of nitrogens with one attached hydrogen (secondary N) is 1. The van der Waals surface area contributed by atoms with Crippen molar-refractivity contribution in [2.45, 2.75) is 13.0 Å². The second-order valence-electron chi connectivity index (χ2n) is 6.98. The van der Waals surface area contributed by atoms with Gasteiger partial charge in [-0.1, -0.05) is 36.4 Å². The van der Waals surface area contributed by atoms with E-state index in [1.54, 1.807) is 43.5 Å². The number of amides is 2. The van der Waals surface area contributed by atoms with Gasteiger partial charge in [-0.3, -0.25) is 9.59 Å². The van der Waals surface area contributed by atoms with Crippen LogP contribution in [0.5, 0.6) is 5.75 Å². The first-order chi connectivity index (χ1) is 14.2. The van der Waals surface area contributed by atoms with Crippen LogP contribution in [-0.2, 0) is 13.0 Å². The Morgan fingerprint density at radius 3 is 2.28 bits per heavy atom. The van der Waals surface area contributed by atoms with E-state index in [1.807, 2.05) is 29.2 Å². The molecule has 1 aliphatic heterocycles. The molecular weight excluding hydrogens is 364 g/mol. The van der Waals surface area contributed by atoms with Crippen LogP contribution in [-0.4, -0.2) is 30.4 Å². The fraction of sp³-hybridized carbons (Fsp3) is 0.167. The molecule has 4 rings (SSSR count). The van der Waals surface area contributed by atoms with Crippen molar-refractivity contribution in [1.29, 1.82) is 0 Å². The van der Waals surface area contributed by atoms with Crippen molar-refractivity contribution in [3.8, 4) is 5.75 Å². The van der Waals surface area contributed by atoms with E-state index in [1.165, 1.54) is 11.1 Å². The van der Waals surface area contributed by atoms with Gasteiger partial charge in [-0.2, -0.15) is 0 Å². The van der Waals surface area contributed by atoms with Crippen molar-refractivity contribution in [2.24, 2.45) is 0 Å². The highest BCUT2D eigenvalue weighted by atomic mass is 16.5. The average Bonchev–Trinajstić information content (AvgIpc) is 2.78. The first-order valence-electron chi connectivity index (χ1n) is 9.56.